The summed E-state index contributed by atoms with van der Waals surface area (Å²) in [5, 5.41) is 14.1. The fourth-order valence-electron chi connectivity index (χ4n) is 1.71. The van der Waals surface area contributed by atoms with Crippen LogP contribution in [0.25, 0.3) is 0 Å². The highest BCUT2D eigenvalue weighted by Gasteiger charge is 2.21. The lowest BCUT2D eigenvalue weighted by Gasteiger charge is -2.20. The number of hydrogen-bond donors (Lipinski definition) is 3. The van der Waals surface area contributed by atoms with Crippen molar-refractivity contribution in [3.05, 3.63) is 0 Å². The maximum Gasteiger partial charge on any atom is 0.317 e. The van der Waals surface area contributed by atoms with Crippen LogP contribution in [0, 0.1) is 5.92 Å². The van der Waals surface area contributed by atoms with Crippen molar-refractivity contribution in [3.8, 4) is 0 Å². The third-order valence-electron chi connectivity index (χ3n) is 2.89. The van der Waals surface area contributed by atoms with E-state index in [4.69, 9.17) is 5.11 Å². The number of carbonyl (C=O) groups excluding carboxylic acids is 2. The lowest BCUT2D eigenvalue weighted by atomic mass is 10.1. The monoisotopic (exact) mass is 257 g/mol. The van der Waals surface area contributed by atoms with E-state index in [1.165, 1.54) is 4.90 Å². The molecule has 0 aliphatic carbocycles. The molecule has 0 aromatic heterocycles. The van der Waals surface area contributed by atoms with Crippen LogP contribution in [0.1, 0.15) is 19.8 Å². The van der Waals surface area contributed by atoms with Gasteiger partial charge in [0.25, 0.3) is 0 Å². The molecule has 0 saturated carbocycles. The summed E-state index contributed by atoms with van der Waals surface area (Å²) >= 11 is 0. The van der Waals surface area contributed by atoms with Crippen LogP contribution in [-0.4, -0.2) is 54.1 Å². The van der Waals surface area contributed by atoms with E-state index >= 15 is 0 Å². The summed E-state index contributed by atoms with van der Waals surface area (Å²) in [5.74, 6) is -1.70. The largest absolute Gasteiger partial charge is 0.481 e. The second kappa shape index (κ2) is 6.83. The quantitative estimate of drug-likeness (QED) is 0.640. The van der Waals surface area contributed by atoms with Gasteiger partial charge in [0.2, 0.25) is 5.91 Å². The van der Waals surface area contributed by atoms with E-state index in [9.17, 15) is 14.4 Å². The fraction of sp³-hybridized carbons (Fsp3) is 0.727. The molecule has 1 aliphatic rings. The molecule has 3 amide bonds. The van der Waals surface area contributed by atoms with E-state index in [1.54, 1.807) is 6.92 Å². The fourth-order valence-corrected chi connectivity index (χ4v) is 1.71. The number of hydrogen-bond acceptors (Lipinski definition) is 3. The van der Waals surface area contributed by atoms with E-state index in [0.29, 0.717) is 25.9 Å². The van der Waals surface area contributed by atoms with E-state index in [0.717, 1.165) is 0 Å². The summed E-state index contributed by atoms with van der Waals surface area (Å²) in [6.45, 7) is 2.92. The Morgan fingerprint density at radius 3 is 2.89 bits per heavy atom. The highest BCUT2D eigenvalue weighted by atomic mass is 16.4. The zero-order valence-electron chi connectivity index (χ0n) is 10.4. The molecule has 1 atom stereocenters. The van der Waals surface area contributed by atoms with Gasteiger partial charge in [0, 0.05) is 19.6 Å². The standard InChI is InChI=1S/C11H19N3O4/c1-2-8(10(16)17)6-13-11(18)14-5-3-4-12-9(15)7-14/h8H,2-7H2,1H3,(H,12,15)(H,13,18)(H,16,17). The molecule has 102 valence electrons. The molecule has 0 radical (unpaired) electrons. The van der Waals surface area contributed by atoms with Crippen LogP contribution in [0.15, 0.2) is 0 Å². The number of amides is 3. The predicted octanol–water partition coefficient (Wildman–Crippen LogP) is -0.371. The molecule has 1 aliphatic heterocycles. The molecule has 7 heteroatoms. The second-order valence-electron chi connectivity index (χ2n) is 4.25. The minimum Gasteiger partial charge on any atom is -0.481 e. The molecule has 1 rings (SSSR count). The van der Waals surface area contributed by atoms with Crippen LogP contribution in [-0.2, 0) is 9.59 Å². The van der Waals surface area contributed by atoms with Gasteiger partial charge in [-0.05, 0) is 12.8 Å². The number of carbonyl (C=O) groups is 3. The molecule has 1 fully saturated rings. The third kappa shape index (κ3) is 4.23. The number of nitrogens with zero attached hydrogens (tertiary/aromatic N) is 1. The number of rotatable bonds is 4. The first-order valence-electron chi connectivity index (χ1n) is 6.06. The van der Waals surface area contributed by atoms with Crippen LogP contribution in [0.3, 0.4) is 0 Å². The Bertz CT molecular complexity index is 332. The molecule has 1 unspecified atom stereocenters. The van der Waals surface area contributed by atoms with Crippen LogP contribution in [0.4, 0.5) is 4.79 Å². The molecular formula is C11H19N3O4. The number of aliphatic carboxylic acids is 1. The molecule has 0 spiro atoms. The van der Waals surface area contributed by atoms with Gasteiger partial charge in [-0.2, -0.15) is 0 Å². The number of nitrogens with one attached hydrogen (secondary N) is 2. The lowest BCUT2D eigenvalue weighted by molar-refractivity contribution is -0.141. The first-order valence-corrected chi connectivity index (χ1v) is 6.06. The summed E-state index contributed by atoms with van der Waals surface area (Å²) in [7, 11) is 0. The Hall–Kier alpha value is -1.79. The number of carboxylic acid groups (broad SMARTS) is 1. The molecule has 3 N–H and O–H groups in total. The summed E-state index contributed by atoms with van der Waals surface area (Å²) in [5.41, 5.74) is 0. The van der Waals surface area contributed by atoms with E-state index in [2.05, 4.69) is 10.6 Å². The van der Waals surface area contributed by atoms with E-state index < -0.39 is 11.9 Å². The molecule has 18 heavy (non-hydrogen) atoms. The Morgan fingerprint density at radius 2 is 2.28 bits per heavy atom. The van der Waals surface area contributed by atoms with Gasteiger partial charge in [-0.15, -0.1) is 0 Å². The lowest BCUT2D eigenvalue weighted by Crippen LogP contribution is -2.45. The van der Waals surface area contributed by atoms with Crippen molar-refractivity contribution >= 4 is 17.9 Å². The first-order chi connectivity index (χ1) is 8.54. The average molecular weight is 257 g/mol. The van der Waals surface area contributed by atoms with Gasteiger partial charge in [-0.25, -0.2) is 4.79 Å². The summed E-state index contributed by atoms with van der Waals surface area (Å²) < 4.78 is 0. The van der Waals surface area contributed by atoms with E-state index in [1.807, 2.05) is 0 Å². The minimum absolute atomic E-state index is 0.0235. The molecular weight excluding hydrogens is 238 g/mol. The SMILES string of the molecule is CCC(CNC(=O)N1CCCNC(=O)C1)C(=O)O. The first kappa shape index (κ1) is 14.3. The zero-order chi connectivity index (χ0) is 13.5. The third-order valence-corrected chi connectivity index (χ3v) is 2.89. The molecule has 0 aromatic carbocycles. The highest BCUT2D eigenvalue weighted by Crippen LogP contribution is 2.02. The number of carboxylic acids is 1. The molecule has 7 nitrogen and oxygen atoms in total. The molecule has 0 bridgehead atoms. The minimum atomic E-state index is -0.925. The topological polar surface area (TPSA) is 98.7 Å². The van der Waals surface area contributed by atoms with Crippen LogP contribution >= 0.6 is 0 Å². The van der Waals surface area contributed by atoms with Crippen molar-refractivity contribution in [1.82, 2.24) is 15.5 Å². The normalized spacial score (nSPS) is 17.6. The molecule has 0 aromatic rings. The summed E-state index contributed by atoms with van der Waals surface area (Å²) in [4.78, 5) is 35.3. The van der Waals surface area contributed by atoms with Crippen molar-refractivity contribution in [2.24, 2.45) is 5.92 Å². The molecule has 1 heterocycles. The van der Waals surface area contributed by atoms with Crippen molar-refractivity contribution < 1.29 is 19.5 Å². The summed E-state index contributed by atoms with van der Waals surface area (Å²) in [6, 6.07) is -0.383. The Labute approximate surface area is 106 Å². The smallest absolute Gasteiger partial charge is 0.317 e. The zero-order valence-corrected chi connectivity index (χ0v) is 10.4. The van der Waals surface area contributed by atoms with Gasteiger partial charge in [0.05, 0.1) is 5.92 Å². The Morgan fingerprint density at radius 1 is 1.56 bits per heavy atom. The highest BCUT2D eigenvalue weighted by molar-refractivity contribution is 5.84. The number of urea groups is 1. The van der Waals surface area contributed by atoms with Gasteiger partial charge in [0.15, 0.2) is 0 Å². The van der Waals surface area contributed by atoms with Crippen LogP contribution < -0.4 is 10.6 Å². The van der Waals surface area contributed by atoms with Gasteiger partial charge >= 0.3 is 12.0 Å². The van der Waals surface area contributed by atoms with Gasteiger partial charge in [0.1, 0.15) is 6.54 Å². The van der Waals surface area contributed by atoms with E-state index in [-0.39, 0.29) is 25.0 Å². The maximum absolute atomic E-state index is 11.8. The second-order valence-corrected chi connectivity index (χ2v) is 4.25. The predicted molar refractivity (Wildman–Crippen MR) is 64.0 cm³/mol. The van der Waals surface area contributed by atoms with Crippen molar-refractivity contribution in [3.63, 3.8) is 0 Å². The van der Waals surface area contributed by atoms with Crippen molar-refractivity contribution in [2.45, 2.75) is 19.8 Å². The Balaban J connectivity index is 2.43. The maximum atomic E-state index is 11.8. The Kier molecular flexibility index (Phi) is 5.41. The van der Waals surface area contributed by atoms with Crippen LogP contribution in [0.2, 0.25) is 0 Å². The van der Waals surface area contributed by atoms with Gasteiger partial charge < -0.3 is 20.6 Å². The average Bonchev–Trinajstić information content (AvgIpc) is 2.54. The van der Waals surface area contributed by atoms with Gasteiger partial charge in [-0.1, -0.05) is 6.92 Å². The van der Waals surface area contributed by atoms with Crippen molar-refractivity contribution in [1.29, 1.82) is 0 Å². The van der Waals surface area contributed by atoms with Crippen molar-refractivity contribution in [2.75, 3.05) is 26.2 Å². The van der Waals surface area contributed by atoms with Gasteiger partial charge in [-0.3, -0.25) is 9.59 Å². The summed E-state index contributed by atoms with van der Waals surface area (Å²) in [6.07, 6.45) is 1.16. The van der Waals surface area contributed by atoms with Crippen LogP contribution in [0.5, 0.6) is 0 Å². The molecule has 1 saturated heterocycles.